The molecule has 0 radical (unpaired) electrons. The molecule has 2 atom stereocenters. The fraction of sp³-hybridized carbons (Fsp3) is 0.259. The van der Waals surface area contributed by atoms with Crippen LogP contribution in [-0.2, 0) is 16.1 Å². The van der Waals surface area contributed by atoms with Gasteiger partial charge in [0.15, 0.2) is 28.9 Å². The molecule has 0 aliphatic rings. The molecule has 198 valence electrons. The van der Waals surface area contributed by atoms with Crippen molar-refractivity contribution in [2.24, 2.45) is 0 Å². The lowest BCUT2D eigenvalue weighted by Gasteiger charge is -2.21. The number of hydrogen-bond donors (Lipinski definition) is 4. The summed E-state index contributed by atoms with van der Waals surface area (Å²) in [6.45, 7) is 1.80. The van der Waals surface area contributed by atoms with Gasteiger partial charge in [0, 0.05) is 19.6 Å². The third-order valence-corrected chi connectivity index (χ3v) is 5.91. The number of phenolic OH excluding ortho intramolecular Hbond substituents is 1. The fourth-order valence-electron chi connectivity index (χ4n) is 4.12. The Labute approximate surface area is 218 Å². The highest BCUT2D eigenvalue weighted by Crippen LogP contribution is 2.37. The number of amides is 1. The van der Waals surface area contributed by atoms with Crippen molar-refractivity contribution in [3.05, 3.63) is 99.1 Å². The van der Waals surface area contributed by atoms with Crippen LogP contribution in [0.2, 0.25) is 0 Å². The molecule has 11 heteroatoms. The second kappa shape index (κ2) is 11.6. The Morgan fingerprint density at radius 1 is 1.11 bits per heavy atom. The number of nitrogens with one attached hydrogen (secondary N) is 2. The number of aromatic amines is 1. The number of aryl methyl sites for hydroxylation is 1. The molecule has 0 aliphatic heterocycles. The van der Waals surface area contributed by atoms with Crippen LogP contribution in [0.3, 0.4) is 0 Å². The van der Waals surface area contributed by atoms with Gasteiger partial charge in [0.05, 0.1) is 13.0 Å². The van der Waals surface area contributed by atoms with Crippen molar-refractivity contribution in [2.45, 2.75) is 31.9 Å². The maximum absolute atomic E-state index is 13.5. The van der Waals surface area contributed by atoms with Crippen molar-refractivity contribution in [1.82, 2.24) is 20.5 Å². The lowest BCUT2D eigenvalue weighted by Crippen LogP contribution is -2.31. The number of phenols is 1. The third kappa shape index (κ3) is 5.84. The Balaban J connectivity index is 1.71. The van der Waals surface area contributed by atoms with Crippen LogP contribution in [0, 0.1) is 6.92 Å². The molecule has 2 aromatic carbocycles. The van der Waals surface area contributed by atoms with Crippen molar-refractivity contribution in [3.8, 4) is 17.2 Å². The maximum atomic E-state index is 13.5. The third-order valence-electron chi connectivity index (χ3n) is 5.91. The molecule has 0 fully saturated rings. The Morgan fingerprint density at radius 2 is 1.87 bits per heavy atom. The molecule has 11 nitrogen and oxygen atoms in total. The molecule has 0 bridgehead atoms. The van der Waals surface area contributed by atoms with E-state index in [1.807, 2.05) is 30.3 Å². The number of methoxy groups -OCH3 is 2. The van der Waals surface area contributed by atoms with Crippen LogP contribution in [0.15, 0.2) is 63.8 Å². The van der Waals surface area contributed by atoms with Crippen molar-refractivity contribution in [2.75, 3.05) is 14.2 Å². The highest BCUT2D eigenvalue weighted by Gasteiger charge is 2.29. The van der Waals surface area contributed by atoms with Gasteiger partial charge in [0.25, 0.3) is 0 Å². The quantitative estimate of drug-likeness (QED) is 0.246. The van der Waals surface area contributed by atoms with E-state index in [-0.39, 0.29) is 36.0 Å². The smallest absolute Gasteiger partial charge is 0.227 e. The first kappa shape index (κ1) is 26.4. The Hall–Kier alpha value is -4.64. The monoisotopic (exact) mass is 520 g/mol. The molecule has 2 aromatic heterocycles. The highest BCUT2D eigenvalue weighted by molar-refractivity contribution is 5.78. The van der Waals surface area contributed by atoms with E-state index in [0.29, 0.717) is 17.2 Å². The molecule has 1 amide bonds. The Kier molecular flexibility index (Phi) is 8.07. The van der Waals surface area contributed by atoms with Gasteiger partial charge in [0.2, 0.25) is 17.1 Å². The molecule has 38 heavy (non-hydrogen) atoms. The molecular weight excluding hydrogens is 492 g/mol. The summed E-state index contributed by atoms with van der Waals surface area (Å²) in [5.41, 5.74) is 0.598. The molecule has 4 N–H and O–H groups in total. The van der Waals surface area contributed by atoms with E-state index < -0.39 is 29.0 Å². The van der Waals surface area contributed by atoms with Gasteiger partial charge in [-0.3, -0.25) is 14.7 Å². The molecule has 0 saturated carbocycles. The summed E-state index contributed by atoms with van der Waals surface area (Å²) in [5, 5.41) is 30.7. The van der Waals surface area contributed by atoms with Gasteiger partial charge in [-0.25, -0.2) is 4.98 Å². The molecule has 0 saturated heterocycles. The average molecular weight is 521 g/mol. The van der Waals surface area contributed by atoms with E-state index in [2.05, 4.69) is 20.5 Å². The predicted molar refractivity (Wildman–Crippen MR) is 136 cm³/mol. The van der Waals surface area contributed by atoms with Gasteiger partial charge in [-0.2, -0.15) is 5.10 Å². The summed E-state index contributed by atoms with van der Waals surface area (Å²) in [5.74, 6) is -0.823. The van der Waals surface area contributed by atoms with Gasteiger partial charge < -0.3 is 29.4 Å². The van der Waals surface area contributed by atoms with Crippen molar-refractivity contribution in [3.63, 3.8) is 0 Å². The number of nitrogens with zero attached hydrogens (tertiary/aromatic N) is 2. The topological polar surface area (TPSA) is 160 Å². The minimum Gasteiger partial charge on any atom is -0.504 e. The normalized spacial score (nSPS) is 12.6. The second-order valence-electron chi connectivity index (χ2n) is 8.61. The summed E-state index contributed by atoms with van der Waals surface area (Å²) >= 11 is 0. The number of H-pyrrole nitrogens is 1. The second-order valence-corrected chi connectivity index (χ2v) is 8.61. The largest absolute Gasteiger partial charge is 0.504 e. The van der Waals surface area contributed by atoms with E-state index >= 15 is 0 Å². The predicted octanol–water partition coefficient (Wildman–Crippen LogP) is 3.06. The van der Waals surface area contributed by atoms with Crippen LogP contribution < -0.4 is 15.5 Å². The van der Waals surface area contributed by atoms with Gasteiger partial charge in [-0.05, 0) is 30.2 Å². The summed E-state index contributed by atoms with van der Waals surface area (Å²) in [6, 6.07) is 14.2. The molecular formula is C27H28N4O7. The molecule has 0 aliphatic carbocycles. The van der Waals surface area contributed by atoms with E-state index in [1.165, 1.54) is 32.4 Å². The van der Waals surface area contributed by atoms with Crippen LogP contribution in [0.5, 0.6) is 17.2 Å². The Morgan fingerprint density at radius 3 is 2.58 bits per heavy atom. The zero-order valence-corrected chi connectivity index (χ0v) is 21.1. The number of carbonyl (C=O) groups excluding carboxylic acids is 1. The summed E-state index contributed by atoms with van der Waals surface area (Å²) < 4.78 is 16.1. The summed E-state index contributed by atoms with van der Waals surface area (Å²) in [6.07, 6.45) is -0.216. The first-order valence-electron chi connectivity index (χ1n) is 11.8. The van der Waals surface area contributed by atoms with Crippen LogP contribution in [0.1, 0.15) is 52.7 Å². The fourth-order valence-corrected chi connectivity index (χ4v) is 4.12. The number of rotatable bonds is 10. The Bertz CT molecular complexity index is 1470. The first-order chi connectivity index (χ1) is 18.3. The minimum absolute atomic E-state index is 0.0746. The number of ether oxygens (including phenoxy) is 2. The number of benzene rings is 2. The zero-order valence-electron chi connectivity index (χ0n) is 21.1. The van der Waals surface area contributed by atoms with Crippen LogP contribution in [-0.4, -0.2) is 45.5 Å². The number of carbonyl (C=O) groups is 1. The summed E-state index contributed by atoms with van der Waals surface area (Å²) in [7, 11) is 2.93. The molecule has 0 spiro atoms. The van der Waals surface area contributed by atoms with E-state index in [4.69, 9.17) is 13.9 Å². The van der Waals surface area contributed by atoms with Gasteiger partial charge in [-0.1, -0.05) is 36.4 Å². The van der Waals surface area contributed by atoms with Crippen LogP contribution >= 0.6 is 0 Å². The van der Waals surface area contributed by atoms with E-state index in [9.17, 15) is 19.8 Å². The van der Waals surface area contributed by atoms with Crippen molar-refractivity contribution >= 4 is 5.91 Å². The summed E-state index contributed by atoms with van der Waals surface area (Å²) in [4.78, 5) is 30.3. The standard InChI is InChI=1S/C27H28N4O7/c1-15-11-20(33)25(35)26(38-15)18(17-9-10-19(32)21(12-17)37-3)13-23(34)29-24(16-7-5-4-6-8-16)27-28-22(14-36-2)30-31-27/h4-12,18,24,32,35H,13-14H2,1-3H3,(H,29,34)(H,28,30,31)/t18-,24-/m1/s1. The lowest BCUT2D eigenvalue weighted by atomic mass is 9.91. The van der Waals surface area contributed by atoms with Crippen LogP contribution in [0.25, 0.3) is 0 Å². The SMILES string of the molecule is COCc1nc([C@H](NC(=O)C[C@H](c2ccc(O)c(OC)c2)c2oc(C)cc(=O)c2O)c2ccccc2)n[nH]1. The van der Waals surface area contributed by atoms with Gasteiger partial charge >= 0.3 is 0 Å². The first-order valence-corrected chi connectivity index (χ1v) is 11.8. The van der Waals surface area contributed by atoms with E-state index in [0.717, 1.165) is 5.56 Å². The number of aromatic nitrogens is 3. The highest BCUT2D eigenvalue weighted by atomic mass is 16.5. The molecule has 4 rings (SSSR count). The molecule has 0 unspecified atom stereocenters. The molecule has 4 aromatic rings. The van der Waals surface area contributed by atoms with Crippen molar-refractivity contribution in [1.29, 1.82) is 0 Å². The van der Waals surface area contributed by atoms with Gasteiger partial charge in [-0.15, -0.1) is 0 Å². The zero-order chi connectivity index (χ0) is 27.2. The maximum Gasteiger partial charge on any atom is 0.227 e. The van der Waals surface area contributed by atoms with Gasteiger partial charge in [0.1, 0.15) is 18.4 Å². The minimum atomic E-state index is -0.885. The molecule has 2 heterocycles. The van der Waals surface area contributed by atoms with E-state index in [1.54, 1.807) is 13.0 Å². The number of hydrogen-bond acceptors (Lipinski definition) is 9. The lowest BCUT2D eigenvalue weighted by molar-refractivity contribution is -0.122. The van der Waals surface area contributed by atoms with Crippen molar-refractivity contribution < 1.29 is 28.9 Å². The average Bonchev–Trinajstić information content (AvgIpc) is 3.37. The number of aromatic hydroxyl groups is 2. The van der Waals surface area contributed by atoms with Crippen LogP contribution in [0.4, 0.5) is 0 Å².